The van der Waals surface area contributed by atoms with E-state index in [9.17, 15) is 4.79 Å². The summed E-state index contributed by atoms with van der Waals surface area (Å²) in [6.07, 6.45) is 12.5. The van der Waals surface area contributed by atoms with Crippen molar-refractivity contribution in [3.63, 3.8) is 0 Å². The average Bonchev–Trinajstić information content (AvgIpc) is 3.13. The lowest BCUT2D eigenvalue weighted by Crippen LogP contribution is -2.31. The molecule has 2 fully saturated rings. The molecule has 1 N–H and O–H groups in total. The van der Waals surface area contributed by atoms with Gasteiger partial charge < -0.3 is 10.2 Å². The van der Waals surface area contributed by atoms with Crippen molar-refractivity contribution >= 4 is 11.9 Å². The third-order valence-electron chi connectivity index (χ3n) is 5.06. The van der Waals surface area contributed by atoms with Gasteiger partial charge in [0, 0.05) is 25.7 Å². The van der Waals surface area contributed by atoms with Crippen molar-refractivity contribution in [3.05, 3.63) is 18.0 Å². The molecule has 5 heteroatoms. The van der Waals surface area contributed by atoms with Crippen LogP contribution in [0.2, 0.25) is 0 Å². The van der Waals surface area contributed by atoms with E-state index in [1.54, 1.807) is 6.20 Å². The van der Waals surface area contributed by atoms with Crippen LogP contribution in [0.4, 0.5) is 5.95 Å². The molecule has 1 aliphatic carbocycles. The Hall–Kier alpha value is -1.65. The van der Waals surface area contributed by atoms with Gasteiger partial charge in [-0.25, -0.2) is 9.97 Å². The Kier molecular flexibility index (Phi) is 5.83. The predicted molar refractivity (Wildman–Crippen MR) is 91.1 cm³/mol. The Balaban J connectivity index is 1.44. The summed E-state index contributed by atoms with van der Waals surface area (Å²) in [5, 5.41) is 3.01. The SMILES string of the molecule is O=C(CCC1CCCC1)NCc1ccnc(N2CCCCC2)n1. The molecule has 0 aromatic carbocycles. The highest BCUT2D eigenvalue weighted by Crippen LogP contribution is 2.28. The minimum atomic E-state index is 0.148. The second kappa shape index (κ2) is 8.27. The van der Waals surface area contributed by atoms with E-state index in [4.69, 9.17) is 0 Å². The lowest BCUT2D eigenvalue weighted by Gasteiger charge is -2.26. The number of aromatic nitrogens is 2. The van der Waals surface area contributed by atoms with Crippen molar-refractivity contribution in [2.45, 2.75) is 64.3 Å². The first-order chi connectivity index (χ1) is 11.3. The fourth-order valence-electron chi connectivity index (χ4n) is 3.64. The van der Waals surface area contributed by atoms with Gasteiger partial charge in [-0.05, 0) is 37.7 Å². The van der Waals surface area contributed by atoms with Gasteiger partial charge in [0.1, 0.15) is 0 Å². The highest BCUT2D eigenvalue weighted by atomic mass is 16.1. The van der Waals surface area contributed by atoms with E-state index in [0.717, 1.165) is 37.1 Å². The van der Waals surface area contributed by atoms with Crippen LogP contribution < -0.4 is 10.2 Å². The van der Waals surface area contributed by atoms with Crippen molar-refractivity contribution < 1.29 is 4.79 Å². The number of carbonyl (C=O) groups is 1. The van der Waals surface area contributed by atoms with Gasteiger partial charge in [-0.1, -0.05) is 25.7 Å². The molecule has 126 valence electrons. The van der Waals surface area contributed by atoms with E-state index in [2.05, 4.69) is 20.2 Å². The molecule has 1 saturated carbocycles. The molecule has 0 radical (unpaired) electrons. The zero-order chi connectivity index (χ0) is 15.9. The van der Waals surface area contributed by atoms with Crippen LogP contribution in [-0.2, 0) is 11.3 Å². The molecule has 2 aliphatic rings. The average molecular weight is 316 g/mol. The standard InChI is InChI=1S/C18H28N4O/c23-17(9-8-15-6-2-3-7-15)20-14-16-10-11-19-18(21-16)22-12-4-1-5-13-22/h10-11,15H,1-9,12-14H2,(H,20,23). The number of amides is 1. The van der Waals surface area contributed by atoms with Crippen LogP contribution in [0.1, 0.15) is 63.5 Å². The number of rotatable bonds is 6. The topological polar surface area (TPSA) is 58.1 Å². The molecule has 1 aromatic rings. The molecular weight excluding hydrogens is 288 g/mol. The zero-order valence-corrected chi connectivity index (χ0v) is 14.0. The fraction of sp³-hybridized carbons (Fsp3) is 0.722. The number of hydrogen-bond acceptors (Lipinski definition) is 4. The van der Waals surface area contributed by atoms with E-state index in [0.29, 0.717) is 13.0 Å². The molecule has 0 bridgehead atoms. The Labute approximate surface area is 138 Å². The largest absolute Gasteiger partial charge is 0.350 e. The molecule has 2 heterocycles. The number of piperidine rings is 1. The number of anilines is 1. The molecule has 23 heavy (non-hydrogen) atoms. The second-order valence-corrected chi connectivity index (χ2v) is 6.86. The van der Waals surface area contributed by atoms with Crippen molar-refractivity contribution in [1.29, 1.82) is 0 Å². The lowest BCUT2D eigenvalue weighted by molar-refractivity contribution is -0.121. The second-order valence-electron chi connectivity index (χ2n) is 6.86. The third-order valence-corrected chi connectivity index (χ3v) is 5.06. The summed E-state index contributed by atoms with van der Waals surface area (Å²) in [6.45, 7) is 2.58. The Morgan fingerprint density at radius 2 is 1.96 bits per heavy atom. The molecule has 1 aliphatic heterocycles. The van der Waals surface area contributed by atoms with E-state index in [1.165, 1.54) is 44.9 Å². The van der Waals surface area contributed by atoms with Crippen molar-refractivity contribution in [3.8, 4) is 0 Å². The van der Waals surface area contributed by atoms with Crippen LogP contribution in [-0.4, -0.2) is 29.0 Å². The van der Waals surface area contributed by atoms with E-state index in [1.807, 2.05) is 6.07 Å². The number of carbonyl (C=O) groups excluding carboxylic acids is 1. The predicted octanol–water partition coefficient (Wildman–Crippen LogP) is 3.05. The molecule has 5 nitrogen and oxygen atoms in total. The molecule has 1 aromatic heterocycles. The van der Waals surface area contributed by atoms with Gasteiger partial charge in [-0.2, -0.15) is 0 Å². The summed E-state index contributed by atoms with van der Waals surface area (Å²) >= 11 is 0. The van der Waals surface area contributed by atoms with Gasteiger partial charge in [0.2, 0.25) is 11.9 Å². The van der Waals surface area contributed by atoms with Crippen molar-refractivity contribution in [1.82, 2.24) is 15.3 Å². The fourth-order valence-corrected chi connectivity index (χ4v) is 3.64. The molecule has 3 rings (SSSR count). The number of nitrogens with zero attached hydrogens (tertiary/aromatic N) is 3. The first kappa shape index (κ1) is 16.2. The van der Waals surface area contributed by atoms with Gasteiger partial charge in [0.15, 0.2) is 0 Å². The smallest absolute Gasteiger partial charge is 0.225 e. The zero-order valence-electron chi connectivity index (χ0n) is 14.0. The summed E-state index contributed by atoms with van der Waals surface area (Å²) in [5.41, 5.74) is 0.898. The van der Waals surface area contributed by atoms with Crippen LogP contribution in [0.15, 0.2) is 12.3 Å². The Morgan fingerprint density at radius 1 is 1.17 bits per heavy atom. The first-order valence-electron chi connectivity index (χ1n) is 9.15. The first-order valence-corrected chi connectivity index (χ1v) is 9.15. The monoisotopic (exact) mass is 316 g/mol. The van der Waals surface area contributed by atoms with E-state index >= 15 is 0 Å². The van der Waals surface area contributed by atoms with Crippen LogP contribution in [0.25, 0.3) is 0 Å². The molecule has 1 saturated heterocycles. The lowest BCUT2D eigenvalue weighted by atomic mass is 10.0. The van der Waals surface area contributed by atoms with Crippen LogP contribution in [0.3, 0.4) is 0 Å². The molecule has 0 atom stereocenters. The van der Waals surface area contributed by atoms with Crippen LogP contribution >= 0.6 is 0 Å². The maximum absolute atomic E-state index is 12.0. The van der Waals surface area contributed by atoms with Gasteiger partial charge in [0.05, 0.1) is 12.2 Å². The van der Waals surface area contributed by atoms with Crippen molar-refractivity contribution in [2.24, 2.45) is 5.92 Å². The summed E-state index contributed by atoms with van der Waals surface area (Å²) in [5.74, 6) is 1.72. The van der Waals surface area contributed by atoms with Gasteiger partial charge in [-0.3, -0.25) is 4.79 Å². The van der Waals surface area contributed by atoms with E-state index in [-0.39, 0.29) is 5.91 Å². The summed E-state index contributed by atoms with van der Waals surface area (Å²) < 4.78 is 0. The molecule has 0 spiro atoms. The minimum absolute atomic E-state index is 0.148. The molecule has 1 amide bonds. The maximum Gasteiger partial charge on any atom is 0.225 e. The third kappa shape index (κ3) is 4.91. The summed E-state index contributed by atoms with van der Waals surface area (Å²) in [7, 11) is 0. The van der Waals surface area contributed by atoms with Crippen molar-refractivity contribution in [2.75, 3.05) is 18.0 Å². The molecule has 0 unspecified atom stereocenters. The van der Waals surface area contributed by atoms with E-state index < -0.39 is 0 Å². The normalized spacial score (nSPS) is 19.0. The molecular formula is C18H28N4O. The Morgan fingerprint density at radius 3 is 2.74 bits per heavy atom. The number of nitrogens with one attached hydrogen (secondary N) is 1. The Bertz CT molecular complexity index is 507. The number of hydrogen-bond donors (Lipinski definition) is 1. The van der Waals surface area contributed by atoms with Crippen LogP contribution in [0, 0.1) is 5.92 Å². The highest BCUT2D eigenvalue weighted by Gasteiger charge is 2.16. The summed E-state index contributed by atoms with van der Waals surface area (Å²) in [4.78, 5) is 23.2. The maximum atomic E-state index is 12.0. The van der Waals surface area contributed by atoms with Crippen LogP contribution in [0.5, 0.6) is 0 Å². The van der Waals surface area contributed by atoms with Gasteiger partial charge in [0.25, 0.3) is 0 Å². The van der Waals surface area contributed by atoms with Gasteiger partial charge >= 0.3 is 0 Å². The minimum Gasteiger partial charge on any atom is -0.350 e. The quantitative estimate of drug-likeness (QED) is 0.876. The van der Waals surface area contributed by atoms with Gasteiger partial charge in [-0.15, -0.1) is 0 Å². The highest BCUT2D eigenvalue weighted by molar-refractivity contribution is 5.75. The summed E-state index contributed by atoms with van der Waals surface area (Å²) in [6, 6.07) is 1.89.